The van der Waals surface area contributed by atoms with Crippen LogP contribution in [0, 0.1) is 0 Å². The van der Waals surface area contributed by atoms with E-state index in [1.807, 2.05) is 0 Å². The molecule has 2 heterocycles. The summed E-state index contributed by atoms with van der Waals surface area (Å²) in [6, 6.07) is 4.88. The molecule has 1 amide bonds. The fraction of sp³-hybridized carbons (Fsp3) is 0.500. The fourth-order valence-corrected chi connectivity index (χ4v) is 4.55. The number of fused-ring (bicyclic) bond motifs is 1. The molecule has 0 bridgehead atoms. The van der Waals surface area contributed by atoms with E-state index in [9.17, 15) is 13.2 Å². The minimum atomic E-state index is -3.71. The van der Waals surface area contributed by atoms with Crippen molar-refractivity contribution < 1.29 is 17.9 Å². The van der Waals surface area contributed by atoms with Crippen molar-refractivity contribution in [3.8, 4) is 5.75 Å². The van der Waals surface area contributed by atoms with Crippen LogP contribution in [0.1, 0.15) is 19.4 Å². The Labute approximate surface area is 124 Å². The zero-order chi connectivity index (χ0) is 15.3. The Balaban J connectivity index is 2.02. The van der Waals surface area contributed by atoms with E-state index in [1.165, 1.54) is 4.31 Å². The first kappa shape index (κ1) is 14.3. The first-order chi connectivity index (χ1) is 9.83. The maximum atomic E-state index is 12.9. The number of nitrogens with zero attached hydrogens (tertiary/aromatic N) is 1. The highest BCUT2D eigenvalue weighted by Crippen LogP contribution is 2.31. The van der Waals surface area contributed by atoms with Gasteiger partial charge in [0.15, 0.2) is 0 Å². The maximum absolute atomic E-state index is 12.9. The summed E-state index contributed by atoms with van der Waals surface area (Å²) in [6.45, 7) is 4.42. The van der Waals surface area contributed by atoms with Crippen molar-refractivity contribution in [2.24, 2.45) is 0 Å². The lowest BCUT2D eigenvalue weighted by atomic mass is 10.0. The van der Waals surface area contributed by atoms with Gasteiger partial charge in [-0.2, -0.15) is 4.31 Å². The molecule has 1 aromatic carbocycles. The summed E-state index contributed by atoms with van der Waals surface area (Å²) in [7, 11) is -3.71. The van der Waals surface area contributed by atoms with Gasteiger partial charge in [0.25, 0.3) is 0 Å². The van der Waals surface area contributed by atoms with Gasteiger partial charge in [-0.05, 0) is 37.6 Å². The Bertz CT molecular complexity index is 697. The minimum absolute atomic E-state index is 0.217. The molecule has 2 aliphatic rings. The first-order valence-corrected chi connectivity index (χ1v) is 8.34. The highest BCUT2D eigenvalue weighted by atomic mass is 32.2. The fourth-order valence-electron chi connectivity index (χ4n) is 2.75. The summed E-state index contributed by atoms with van der Waals surface area (Å²) in [5, 5.41) is 2.70. The lowest BCUT2D eigenvalue weighted by molar-refractivity contribution is -0.131. The normalized spacial score (nSPS) is 21.5. The highest BCUT2D eigenvalue weighted by molar-refractivity contribution is 7.89. The first-order valence-electron chi connectivity index (χ1n) is 6.90. The van der Waals surface area contributed by atoms with Crippen molar-refractivity contribution in [1.29, 1.82) is 0 Å². The number of benzene rings is 1. The van der Waals surface area contributed by atoms with E-state index < -0.39 is 15.6 Å². The molecular weight excluding hydrogens is 292 g/mol. The molecule has 6 nitrogen and oxygen atoms in total. The van der Waals surface area contributed by atoms with Crippen LogP contribution in [0.15, 0.2) is 23.1 Å². The molecule has 21 heavy (non-hydrogen) atoms. The third kappa shape index (κ3) is 2.20. The van der Waals surface area contributed by atoms with Crippen LogP contribution in [0.25, 0.3) is 0 Å². The molecule has 7 heteroatoms. The maximum Gasteiger partial charge on any atom is 0.244 e. The van der Waals surface area contributed by atoms with Crippen LogP contribution in [0.2, 0.25) is 0 Å². The summed E-state index contributed by atoms with van der Waals surface area (Å²) in [5.74, 6) is 0.464. The Kier molecular flexibility index (Phi) is 3.22. The Morgan fingerprint density at radius 3 is 2.86 bits per heavy atom. The van der Waals surface area contributed by atoms with Crippen molar-refractivity contribution >= 4 is 15.9 Å². The number of piperazine rings is 1. The summed E-state index contributed by atoms with van der Waals surface area (Å²) < 4.78 is 32.4. The average molecular weight is 310 g/mol. The van der Waals surface area contributed by atoms with Gasteiger partial charge < -0.3 is 10.1 Å². The number of rotatable bonds is 2. The molecule has 1 saturated heterocycles. The molecular formula is C14H18N2O4S. The molecule has 2 aliphatic heterocycles. The second kappa shape index (κ2) is 4.71. The van der Waals surface area contributed by atoms with Crippen molar-refractivity contribution in [2.75, 3.05) is 19.7 Å². The van der Waals surface area contributed by atoms with Gasteiger partial charge in [-0.15, -0.1) is 0 Å². The molecule has 0 aromatic heterocycles. The van der Waals surface area contributed by atoms with E-state index in [4.69, 9.17) is 4.74 Å². The molecule has 0 unspecified atom stereocenters. The molecule has 0 aliphatic carbocycles. The number of nitrogens with one attached hydrogen (secondary N) is 1. The molecule has 114 valence electrons. The topological polar surface area (TPSA) is 75.7 Å². The third-order valence-corrected chi connectivity index (χ3v) is 6.10. The van der Waals surface area contributed by atoms with E-state index in [-0.39, 0.29) is 17.3 Å². The number of carbonyl (C=O) groups excluding carboxylic acids is 1. The van der Waals surface area contributed by atoms with E-state index in [2.05, 4.69) is 5.32 Å². The molecule has 0 radical (unpaired) electrons. The van der Waals surface area contributed by atoms with Gasteiger partial charge in [0.05, 0.1) is 11.5 Å². The number of hydrogen-bond acceptors (Lipinski definition) is 4. The second-order valence-electron chi connectivity index (χ2n) is 5.76. The predicted molar refractivity (Wildman–Crippen MR) is 76.6 cm³/mol. The Morgan fingerprint density at radius 2 is 2.10 bits per heavy atom. The molecule has 1 fully saturated rings. The van der Waals surface area contributed by atoms with Crippen LogP contribution in [-0.4, -0.2) is 43.9 Å². The number of hydrogen-bond donors (Lipinski definition) is 1. The largest absolute Gasteiger partial charge is 0.493 e. The predicted octanol–water partition coefficient (Wildman–Crippen LogP) is 0.521. The van der Waals surface area contributed by atoms with Gasteiger partial charge in [-0.1, -0.05) is 0 Å². The van der Waals surface area contributed by atoms with E-state index in [0.717, 1.165) is 11.3 Å². The number of amides is 1. The zero-order valence-electron chi connectivity index (χ0n) is 12.0. The van der Waals surface area contributed by atoms with Crippen molar-refractivity contribution in [1.82, 2.24) is 9.62 Å². The van der Waals surface area contributed by atoms with E-state index in [1.54, 1.807) is 32.0 Å². The third-order valence-electron chi connectivity index (χ3n) is 4.03. The standard InChI is InChI=1S/C14H18N2O4S/c1-14(2)13(17)15-6-7-16(14)21(18,19)11-3-4-12-10(9-11)5-8-20-12/h3-4,9H,5-8H2,1-2H3,(H,15,17). The second-order valence-corrected chi connectivity index (χ2v) is 7.62. The number of ether oxygens (including phenoxy) is 1. The van der Waals surface area contributed by atoms with Crippen LogP contribution < -0.4 is 10.1 Å². The van der Waals surface area contributed by atoms with Crippen molar-refractivity contribution in [3.05, 3.63) is 23.8 Å². The van der Waals surface area contributed by atoms with Gasteiger partial charge in [0.2, 0.25) is 15.9 Å². The molecule has 0 atom stereocenters. The van der Waals surface area contributed by atoms with Gasteiger partial charge >= 0.3 is 0 Å². The molecule has 0 saturated carbocycles. The molecule has 1 aromatic rings. The monoisotopic (exact) mass is 310 g/mol. The zero-order valence-corrected chi connectivity index (χ0v) is 12.9. The lowest BCUT2D eigenvalue weighted by Crippen LogP contribution is -2.63. The minimum Gasteiger partial charge on any atom is -0.493 e. The summed E-state index contributed by atoms with van der Waals surface area (Å²) >= 11 is 0. The van der Waals surface area contributed by atoms with Gasteiger partial charge in [0.1, 0.15) is 11.3 Å². The lowest BCUT2D eigenvalue weighted by Gasteiger charge is -2.39. The van der Waals surface area contributed by atoms with E-state index in [0.29, 0.717) is 19.6 Å². The summed E-state index contributed by atoms with van der Waals surface area (Å²) in [4.78, 5) is 12.2. The van der Waals surface area contributed by atoms with Crippen molar-refractivity contribution in [2.45, 2.75) is 30.7 Å². The van der Waals surface area contributed by atoms with Crippen LogP contribution in [0.4, 0.5) is 0 Å². The quantitative estimate of drug-likeness (QED) is 0.864. The molecule has 1 N–H and O–H groups in total. The highest BCUT2D eigenvalue weighted by Gasteiger charge is 2.45. The van der Waals surface area contributed by atoms with Crippen LogP contribution in [0.3, 0.4) is 0 Å². The SMILES string of the molecule is CC1(C)C(=O)NCCN1S(=O)(=O)c1ccc2c(c1)CCO2. The average Bonchev–Trinajstić information content (AvgIpc) is 2.88. The van der Waals surface area contributed by atoms with Gasteiger partial charge in [-0.25, -0.2) is 8.42 Å². The summed E-state index contributed by atoms with van der Waals surface area (Å²) in [6.07, 6.45) is 0.711. The van der Waals surface area contributed by atoms with Gasteiger partial charge in [-0.3, -0.25) is 4.79 Å². The van der Waals surface area contributed by atoms with Crippen molar-refractivity contribution in [3.63, 3.8) is 0 Å². The van der Waals surface area contributed by atoms with E-state index >= 15 is 0 Å². The van der Waals surface area contributed by atoms with Gasteiger partial charge in [0, 0.05) is 19.5 Å². The molecule has 0 spiro atoms. The number of carbonyl (C=O) groups is 1. The summed E-state index contributed by atoms with van der Waals surface area (Å²) in [5.41, 5.74) is -0.192. The molecule has 3 rings (SSSR count). The van der Waals surface area contributed by atoms with Crippen LogP contribution >= 0.6 is 0 Å². The Morgan fingerprint density at radius 1 is 1.33 bits per heavy atom. The smallest absolute Gasteiger partial charge is 0.244 e. The van der Waals surface area contributed by atoms with Crippen LogP contribution in [-0.2, 0) is 21.2 Å². The Hall–Kier alpha value is -1.60. The van der Waals surface area contributed by atoms with Crippen LogP contribution in [0.5, 0.6) is 5.75 Å². The number of sulfonamides is 1.